The van der Waals surface area contributed by atoms with Crippen LogP contribution in [-0.2, 0) is 11.2 Å². The molecule has 0 amide bonds. The molecule has 1 aromatic rings. The van der Waals surface area contributed by atoms with Crippen molar-refractivity contribution in [2.24, 2.45) is 10.7 Å². The summed E-state index contributed by atoms with van der Waals surface area (Å²) in [7, 11) is 1.61. The molecule has 0 aliphatic heterocycles. The number of methoxy groups -OCH3 is 1. The average Bonchev–Trinajstić information content (AvgIpc) is 2.33. The zero-order valence-corrected chi connectivity index (χ0v) is 14.6. The van der Waals surface area contributed by atoms with E-state index in [0.717, 1.165) is 6.07 Å². The minimum absolute atomic E-state index is 0. The van der Waals surface area contributed by atoms with Crippen LogP contribution in [0, 0.1) is 11.6 Å². The quantitative estimate of drug-likeness (QED) is 0.313. The van der Waals surface area contributed by atoms with Crippen molar-refractivity contribution in [3.63, 3.8) is 0 Å². The van der Waals surface area contributed by atoms with Gasteiger partial charge in [0, 0.05) is 25.8 Å². The van der Waals surface area contributed by atoms with Crippen LogP contribution in [0.15, 0.2) is 23.2 Å². The molecule has 7 heteroatoms. The highest BCUT2D eigenvalue weighted by atomic mass is 127. The lowest BCUT2D eigenvalue weighted by atomic mass is 10.1. The molecule has 0 saturated carbocycles. The van der Waals surface area contributed by atoms with Gasteiger partial charge < -0.3 is 15.8 Å². The molecule has 0 bridgehead atoms. The first-order chi connectivity index (χ1) is 9.51. The number of aryl methyl sites for hydroxylation is 1. The van der Waals surface area contributed by atoms with Crippen LogP contribution < -0.4 is 11.1 Å². The van der Waals surface area contributed by atoms with Gasteiger partial charge in [0.1, 0.15) is 11.6 Å². The topological polar surface area (TPSA) is 59.6 Å². The Morgan fingerprint density at radius 2 is 1.95 bits per heavy atom. The first-order valence-electron chi connectivity index (χ1n) is 6.51. The first kappa shape index (κ1) is 20.0. The Kier molecular flexibility index (Phi) is 10.2. The fourth-order valence-corrected chi connectivity index (χ4v) is 1.83. The summed E-state index contributed by atoms with van der Waals surface area (Å²) in [6.07, 6.45) is 1.23. The van der Waals surface area contributed by atoms with E-state index in [9.17, 15) is 8.78 Å². The highest BCUT2D eigenvalue weighted by Gasteiger charge is 2.02. The van der Waals surface area contributed by atoms with Crippen LogP contribution in [0.4, 0.5) is 8.78 Å². The van der Waals surface area contributed by atoms with E-state index in [4.69, 9.17) is 10.5 Å². The van der Waals surface area contributed by atoms with E-state index in [1.54, 1.807) is 7.11 Å². The second-order valence-corrected chi connectivity index (χ2v) is 4.65. The molecule has 120 valence electrons. The lowest BCUT2D eigenvalue weighted by Crippen LogP contribution is -2.40. The maximum absolute atomic E-state index is 13.0. The largest absolute Gasteiger partial charge is 0.383 e. The molecular formula is C14H22F2IN3O. The van der Waals surface area contributed by atoms with E-state index in [1.165, 1.54) is 12.1 Å². The number of aliphatic imine (C=N–C) groups is 1. The van der Waals surface area contributed by atoms with E-state index < -0.39 is 11.6 Å². The first-order valence-corrected chi connectivity index (χ1v) is 6.51. The third-order valence-electron chi connectivity index (χ3n) is 2.64. The fraction of sp³-hybridized carbons (Fsp3) is 0.500. The Hall–Kier alpha value is -0.960. The molecule has 4 nitrogen and oxygen atoms in total. The molecule has 1 aromatic carbocycles. The van der Waals surface area contributed by atoms with E-state index in [2.05, 4.69) is 10.3 Å². The van der Waals surface area contributed by atoms with Gasteiger partial charge in [-0.25, -0.2) is 8.78 Å². The Labute approximate surface area is 141 Å². The van der Waals surface area contributed by atoms with Crippen molar-refractivity contribution in [3.05, 3.63) is 35.4 Å². The van der Waals surface area contributed by atoms with Gasteiger partial charge in [0.15, 0.2) is 5.96 Å². The number of rotatable bonds is 7. The SMILES string of the molecule is COCC(C)NC(N)=NCCCc1cc(F)cc(F)c1.I. The minimum atomic E-state index is -0.557. The maximum Gasteiger partial charge on any atom is 0.188 e. The van der Waals surface area contributed by atoms with Crippen LogP contribution in [0.1, 0.15) is 18.9 Å². The lowest BCUT2D eigenvalue weighted by Gasteiger charge is -2.12. The molecule has 0 radical (unpaired) electrons. The van der Waals surface area contributed by atoms with E-state index in [1.807, 2.05) is 6.92 Å². The summed E-state index contributed by atoms with van der Waals surface area (Å²) in [4.78, 5) is 4.15. The molecule has 3 N–H and O–H groups in total. The van der Waals surface area contributed by atoms with Gasteiger partial charge in [-0.3, -0.25) is 4.99 Å². The number of guanidine groups is 1. The van der Waals surface area contributed by atoms with Crippen molar-refractivity contribution >= 4 is 29.9 Å². The van der Waals surface area contributed by atoms with Gasteiger partial charge in [0.2, 0.25) is 0 Å². The van der Waals surface area contributed by atoms with Gasteiger partial charge in [-0.1, -0.05) is 0 Å². The van der Waals surface area contributed by atoms with Crippen molar-refractivity contribution in [3.8, 4) is 0 Å². The lowest BCUT2D eigenvalue weighted by molar-refractivity contribution is 0.179. The molecule has 0 fully saturated rings. The summed E-state index contributed by atoms with van der Waals surface area (Å²) in [6, 6.07) is 3.60. The van der Waals surface area contributed by atoms with Gasteiger partial charge >= 0.3 is 0 Å². The fourth-order valence-electron chi connectivity index (χ4n) is 1.83. The van der Waals surface area contributed by atoms with E-state index in [0.29, 0.717) is 37.5 Å². The van der Waals surface area contributed by atoms with Crippen molar-refractivity contribution in [1.82, 2.24) is 5.32 Å². The summed E-state index contributed by atoms with van der Waals surface area (Å²) in [5.74, 6) is -0.767. The van der Waals surface area contributed by atoms with Crippen molar-refractivity contribution in [2.75, 3.05) is 20.3 Å². The molecule has 1 atom stereocenters. The van der Waals surface area contributed by atoms with E-state index >= 15 is 0 Å². The summed E-state index contributed by atoms with van der Waals surface area (Å²) in [5, 5.41) is 2.98. The van der Waals surface area contributed by atoms with Crippen LogP contribution in [0.2, 0.25) is 0 Å². The molecule has 0 saturated heterocycles. The van der Waals surface area contributed by atoms with Crippen LogP contribution in [0.25, 0.3) is 0 Å². The van der Waals surface area contributed by atoms with Crippen LogP contribution in [0.5, 0.6) is 0 Å². The zero-order chi connectivity index (χ0) is 15.0. The third kappa shape index (κ3) is 8.82. The predicted octanol–water partition coefficient (Wildman–Crippen LogP) is 2.45. The van der Waals surface area contributed by atoms with Crippen molar-refractivity contribution in [2.45, 2.75) is 25.8 Å². The Morgan fingerprint density at radius 1 is 1.33 bits per heavy atom. The van der Waals surface area contributed by atoms with Gasteiger partial charge in [0.25, 0.3) is 0 Å². The molecule has 0 aromatic heterocycles. The number of hydrogen-bond acceptors (Lipinski definition) is 2. The molecule has 1 unspecified atom stereocenters. The Balaban J connectivity index is 0.00000400. The third-order valence-corrected chi connectivity index (χ3v) is 2.64. The zero-order valence-electron chi connectivity index (χ0n) is 12.2. The molecule has 0 aliphatic rings. The second-order valence-electron chi connectivity index (χ2n) is 4.65. The molecular weight excluding hydrogens is 391 g/mol. The smallest absolute Gasteiger partial charge is 0.188 e. The minimum Gasteiger partial charge on any atom is -0.383 e. The van der Waals surface area contributed by atoms with Crippen LogP contribution in [-0.4, -0.2) is 32.3 Å². The highest BCUT2D eigenvalue weighted by molar-refractivity contribution is 14.0. The molecule has 1 rings (SSSR count). The monoisotopic (exact) mass is 413 g/mol. The molecule has 0 aliphatic carbocycles. The predicted molar refractivity (Wildman–Crippen MR) is 91.1 cm³/mol. The van der Waals surface area contributed by atoms with Crippen molar-refractivity contribution < 1.29 is 13.5 Å². The molecule has 0 spiro atoms. The Bertz CT molecular complexity index is 438. The van der Waals surface area contributed by atoms with Gasteiger partial charge in [-0.05, 0) is 37.5 Å². The number of hydrogen-bond donors (Lipinski definition) is 2. The maximum atomic E-state index is 13.0. The Morgan fingerprint density at radius 3 is 2.52 bits per heavy atom. The van der Waals surface area contributed by atoms with Crippen LogP contribution >= 0.6 is 24.0 Å². The molecule has 0 heterocycles. The number of ether oxygens (including phenoxy) is 1. The van der Waals surface area contributed by atoms with Gasteiger partial charge in [-0.15, -0.1) is 24.0 Å². The normalized spacial score (nSPS) is 12.7. The number of nitrogens with two attached hydrogens (primary N) is 1. The number of nitrogens with one attached hydrogen (secondary N) is 1. The highest BCUT2D eigenvalue weighted by Crippen LogP contribution is 2.09. The number of halogens is 3. The molecule has 21 heavy (non-hydrogen) atoms. The standard InChI is InChI=1S/C14H21F2N3O.HI/c1-10(9-20-2)19-14(17)18-5-3-4-11-6-12(15)8-13(16)7-11;/h6-8,10H,3-5,9H2,1-2H3,(H3,17,18,19);1H. The summed E-state index contributed by atoms with van der Waals surface area (Å²) in [5.41, 5.74) is 6.32. The van der Waals surface area contributed by atoms with E-state index in [-0.39, 0.29) is 30.0 Å². The number of nitrogens with zero attached hydrogens (tertiary/aromatic N) is 1. The average molecular weight is 413 g/mol. The van der Waals surface area contributed by atoms with Gasteiger partial charge in [-0.2, -0.15) is 0 Å². The van der Waals surface area contributed by atoms with Crippen molar-refractivity contribution in [1.29, 1.82) is 0 Å². The summed E-state index contributed by atoms with van der Waals surface area (Å²) in [6.45, 7) is 2.97. The number of benzene rings is 1. The summed E-state index contributed by atoms with van der Waals surface area (Å²) >= 11 is 0. The van der Waals surface area contributed by atoms with Crippen LogP contribution in [0.3, 0.4) is 0 Å². The summed E-state index contributed by atoms with van der Waals surface area (Å²) < 4.78 is 30.9. The second kappa shape index (κ2) is 10.7. The van der Waals surface area contributed by atoms with Gasteiger partial charge in [0.05, 0.1) is 6.61 Å².